The van der Waals surface area contributed by atoms with E-state index in [1.165, 1.54) is 6.26 Å². The maximum absolute atomic E-state index is 12.0. The topological polar surface area (TPSA) is 71.5 Å². The molecule has 104 valence electrons. The van der Waals surface area contributed by atoms with Crippen LogP contribution in [0.25, 0.3) is 0 Å². The predicted molar refractivity (Wildman–Crippen MR) is 77.2 cm³/mol. The van der Waals surface area contributed by atoms with Crippen molar-refractivity contribution in [3.05, 3.63) is 23.7 Å². The normalized spacial score (nSPS) is 17.3. The molecule has 5 nitrogen and oxygen atoms in total. The Kier molecular flexibility index (Phi) is 4.55. The number of aryl methyl sites for hydroxylation is 1. The molecule has 0 saturated carbocycles. The fraction of sp³-hybridized carbons (Fsp3) is 0.538. The first-order chi connectivity index (χ1) is 9.06. The summed E-state index contributed by atoms with van der Waals surface area (Å²) in [6.07, 6.45) is 3.36. The number of nitrogens with two attached hydrogens (primary N) is 1. The Morgan fingerprint density at radius 2 is 2.26 bits per heavy atom. The number of piperidine rings is 1. The number of nitrogens with zero attached hydrogens (tertiary/aromatic N) is 1. The number of hydrogen-bond acceptors (Lipinski definition) is 4. The number of likely N-dealkylation sites (tertiary alicyclic amines) is 1. The van der Waals surface area contributed by atoms with Gasteiger partial charge in [-0.15, -0.1) is 0 Å². The molecule has 0 bridgehead atoms. The van der Waals surface area contributed by atoms with Gasteiger partial charge >= 0.3 is 0 Å². The maximum atomic E-state index is 12.0. The van der Waals surface area contributed by atoms with Crippen LogP contribution in [0.3, 0.4) is 0 Å². The third-order valence-corrected chi connectivity index (χ3v) is 3.50. The van der Waals surface area contributed by atoms with Gasteiger partial charge in [0, 0.05) is 31.2 Å². The number of hydrogen-bond donors (Lipinski definition) is 2. The number of carbonyl (C=O) groups is 1. The summed E-state index contributed by atoms with van der Waals surface area (Å²) in [5, 5.41) is 3.01. The number of nitrogens with one attached hydrogen (secondary N) is 1. The lowest BCUT2D eigenvalue weighted by Gasteiger charge is -2.31. The average molecular weight is 281 g/mol. The zero-order chi connectivity index (χ0) is 13.8. The van der Waals surface area contributed by atoms with Crippen LogP contribution in [0.2, 0.25) is 0 Å². The van der Waals surface area contributed by atoms with E-state index >= 15 is 0 Å². The molecule has 0 aromatic carbocycles. The SMILES string of the molecule is Cc1ccoc1C(=O)NC1CCN(CC(N)=S)CC1. The van der Waals surface area contributed by atoms with Gasteiger partial charge in [0.25, 0.3) is 5.91 Å². The lowest BCUT2D eigenvalue weighted by molar-refractivity contribution is 0.0886. The highest BCUT2D eigenvalue weighted by Crippen LogP contribution is 2.13. The van der Waals surface area contributed by atoms with Crippen LogP contribution in [0, 0.1) is 6.92 Å². The second kappa shape index (κ2) is 6.16. The van der Waals surface area contributed by atoms with E-state index in [0.717, 1.165) is 31.5 Å². The molecule has 0 aliphatic carbocycles. The molecule has 2 rings (SSSR count). The number of rotatable bonds is 4. The molecule has 2 heterocycles. The van der Waals surface area contributed by atoms with Crippen LogP contribution < -0.4 is 11.1 Å². The van der Waals surface area contributed by atoms with Crippen LogP contribution >= 0.6 is 12.2 Å². The van der Waals surface area contributed by atoms with Crippen molar-refractivity contribution in [1.82, 2.24) is 10.2 Å². The molecule has 0 unspecified atom stereocenters. The van der Waals surface area contributed by atoms with Crippen molar-refractivity contribution in [1.29, 1.82) is 0 Å². The van der Waals surface area contributed by atoms with Gasteiger partial charge < -0.3 is 15.5 Å². The third-order valence-electron chi connectivity index (χ3n) is 3.37. The largest absolute Gasteiger partial charge is 0.459 e. The van der Waals surface area contributed by atoms with E-state index in [9.17, 15) is 4.79 Å². The monoisotopic (exact) mass is 281 g/mol. The fourth-order valence-corrected chi connectivity index (χ4v) is 2.49. The molecule has 1 amide bonds. The molecule has 1 aromatic rings. The van der Waals surface area contributed by atoms with Crippen LogP contribution in [0.5, 0.6) is 0 Å². The highest BCUT2D eigenvalue weighted by molar-refractivity contribution is 7.80. The van der Waals surface area contributed by atoms with Gasteiger partial charge in [0.15, 0.2) is 5.76 Å². The summed E-state index contributed by atoms with van der Waals surface area (Å²) in [6.45, 7) is 4.33. The molecule has 1 saturated heterocycles. The van der Waals surface area contributed by atoms with Crippen molar-refractivity contribution in [2.75, 3.05) is 19.6 Å². The molecule has 1 aromatic heterocycles. The number of amides is 1. The second-order valence-electron chi connectivity index (χ2n) is 4.92. The first-order valence-corrected chi connectivity index (χ1v) is 6.82. The minimum Gasteiger partial charge on any atom is -0.459 e. The summed E-state index contributed by atoms with van der Waals surface area (Å²) < 4.78 is 5.19. The number of carbonyl (C=O) groups excluding carboxylic acids is 1. The maximum Gasteiger partial charge on any atom is 0.287 e. The zero-order valence-electron chi connectivity index (χ0n) is 11.0. The standard InChI is InChI=1S/C13H19N3O2S/c1-9-4-7-18-12(9)13(17)15-10-2-5-16(6-3-10)8-11(14)19/h4,7,10H,2-3,5-6,8H2,1H3,(H2,14,19)(H,15,17). The van der Waals surface area contributed by atoms with E-state index < -0.39 is 0 Å². The first-order valence-electron chi connectivity index (χ1n) is 6.42. The van der Waals surface area contributed by atoms with Gasteiger partial charge in [0.05, 0.1) is 11.3 Å². The van der Waals surface area contributed by atoms with Crippen molar-refractivity contribution in [2.24, 2.45) is 5.73 Å². The first kappa shape index (κ1) is 14.0. The smallest absolute Gasteiger partial charge is 0.287 e. The fourth-order valence-electron chi connectivity index (χ4n) is 2.31. The molecular formula is C13H19N3O2S. The molecule has 6 heteroatoms. The minimum atomic E-state index is -0.129. The molecule has 1 aliphatic rings. The van der Waals surface area contributed by atoms with Crippen LogP contribution in [0.1, 0.15) is 29.0 Å². The highest BCUT2D eigenvalue weighted by Gasteiger charge is 2.22. The van der Waals surface area contributed by atoms with Crippen LogP contribution in [-0.2, 0) is 0 Å². The van der Waals surface area contributed by atoms with E-state index in [1.807, 2.05) is 6.92 Å². The van der Waals surface area contributed by atoms with E-state index in [-0.39, 0.29) is 11.9 Å². The van der Waals surface area contributed by atoms with E-state index in [4.69, 9.17) is 22.4 Å². The molecule has 0 atom stereocenters. The Morgan fingerprint density at radius 1 is 1.58 bits per heavy atom. The summed E-state index contributed by atoms with van der Waals surface area (Å²) in [5.74, 6) is 0.279. The summed E-state index contributed by atoms with van der Waals surface area (Å²) in [5.41, 5.74) is 6.39. The van der Waals surface area contributed by atoms with Gasteiger partial charge in [-0.2, -0.15) is 0 Å². The van der Waals surface area contributed by atoms with Gasteiger partial charge in [-0.25, -0.2) is 0 Å². The molecule has 19 heavy (non-hydrogen) atoms. The van der Waals surface area contributed by atoms with Crippen LogP contribution in [0.15, 0.2) is 16.7 Å². The minimum absolute atomic E-state index is 0.129. The number of furan rings is 1. The molecule has 3 N–H and O–H groups in total. The van der Waals surface area contributed by atoms with E-state index in [2.05, 4.69) is 10.2 Å². The Bertz CT molecular complexity index is 464. The molecule has 0 spiro atoms. The molecular weight excluding hydrogens is 262 g/mol. The molecule has 1 aliphatic heterocycles. The quantitative estimate of drug-likeness (QED) is 0.808. The Balaban J connectivity index is 1.81. The lowest BCUT2D eigenvalue weighted by Crippen LogP contribution is -2.46. The molecule has 0 radical (unpaired) electrons. The van der Waals surface area contributed by atoms with Gasteiger partial charge in [-0.3, -0.25) is 9.69 Å². The van der Waals surface area contributed by atoms with Crippen LogP contribution in [-0.4, -0.2) is 41.5 Å². The van der Waals surface area contributed by atoms with Crippen LogP contribution in [0.4, 0.5) is 0 Å². The van der Waals surface area contributed by atoms with E-state index in [0.29, 0.717) is 17.3 Å². The predicted octanol–water partition coefficient (Wildman–Crippen LogP) is 1.07. The summed E-state index contributed by atoms with van der Waals surface area (Å²) >= 11 is 4.90. The Labute approximate surface area is 118 Å². The van der Waals surface area contributed by atoms with Crippen molar-refractivity contribution < 1.29 is 9.21 Å². The van der Waals surface area contributed by atoms with Crippen molar-refractivity contribution >= 4 is 23.1 Å². The van der Waals surface area contributed by atoms with Gasteiger partial charge in [-0.1, -0.05) is 12.2 Å². The summed E-state index contributed by atoms with van der Waals surface area (Å²) in [7, 11) is 0. The van der Waals surface area contributed by atoms with Gasteiger partial charge in [0.1, 0.15) is 0 Å². The lowest BCUT2D eigenvalue weighted by atomic mass is 10.0. The number of thiocarbonyl (C=S) groups is 1. The van der Waals surface area contributed by atoms with E-state index in [1.54, 1.807) is 6.07 Å². The van der Waals surface area contributed by atoms with Crippen molar-refractivity contribution in [3.8, 4) is 0 Å². The summed E-state index contributed by atoms with van der Waals surface area (Å²) in [6, 6.07) is 1.99. The Morgan fingerprint density at radius 3 is 2.79 bits per heavy atom. The van der Waals surface area contributed by atoms with Gasteiger partial charge in [0.2, 0.25) is 0 Å². The van der Waals surface area contributed by atoms with Crippen molar-refractivity contribution in [2.45, 2.75) is 25.8 Å². The second-order valence-corrected chi connectivity index (χ2v) is 5.45. The van der Waals surface area contributed by atoms with Crippen molar-refractivity contribution in [3.63, 3.8) is 0 Å². The highest BCUT2D eigenvalue weighted by atomic mass is 32.1. The Hall–Kier alpha value is -1.40. The molecule has 1 fully saturated rings. The third kappa shape index (κ3) is 3.78. The summed E-state index contributed by atoms with van der Waals surface area (Å²) in [4.78, 5) is 14.7. The average Bonchev–Trinajstić information content (AvgIpc) is 2.77. The zero-order valence-corrected chi connectivity index (χ0v) is 11.8. The van der Waals surface area contributed by atoms with Gasteiger partial charge in [-0.05, 0) is 25.8 Å².